The van der Waals surface area contributed by atoms with Gasteiger partial charge in [-0.3, -0.25) is 4.79 Å². The van der Waals surface area contributed by atoms with Crippen LogP contribution in [0.5, 0.6) is 5.75 Å². The molecule has 4 nitrogen and oxygen atoms in total. The van der Waals surface area contributed by atoms with E-state index in [1.54, 1.807) is 0 Å². The summed E-state index contributed by atoms with van der Waals surface area (Å²) in [6, 6.07) is 11.9. The first kappa shape index (κ1) is 16.1. The molecule has 2 rings (SSSR count). The molecule has 118 valence electrons. The molecule has 0 atom stereocenters. The van der Waals surface area contributed by atoms with Crippen LogP contribution in [0.4, 0.5) is 0 Å². The third-order valence-corrected chi connectivity index (χ3v) is 3.50. The molecule has 1 N–H and O–H groups in total. The van der Waals surface area contributed by atoms with Crippen LogP contribution in [-0.2, 0) is 11.3 Å². The maximum Gasteiger partial charge on any atom is 0.257 e. The summed E-state index contributed by atoms with van der Waals surface area (Å²) in [7, 11) is 0. The fraction of sp³-hybridized carbons (Fsp3) is 0.389. The van der Waals surface area contributed by atoms with E-state index in [4.69, 9.17) is 4.74 Å². The van der Waals surface area contributed by atoms with Crippen LogP contribution < -0.4 is 10.1 Å². The lowest BCUT2D eigenvalue weighted by Gasteiger charge is -2.09. The van der Waals surface area contributed by atoms with E-state index in [1.807, 2.05) is 48.8 Å². The molecule has 1 aromatic heterocycles. The standard InChI is InChI=1S/C18H24N2O2/c1-15(2)16-6-8-17(9-7-16)22-14-18(21)19-10-5-13-20-11-3-4-12-20/h3-4,6-9,11-12,15H,5,10,13-14H2,1-2H3,(H,19,21). The number of hydrogen-bond donors (Lipinski definition) is 1. The number of amides is 1. The van der Waals surface area contributed by atoms with Gasteiger partial charge in [-0.1, -0.05) is 26.0 Å². The number of ether oxygens (including phenoxy) is 1. The van der Waals surface area contributed by atoms with Gasteiger partial charge < -0.3 is 14.6 Å². The zero-order chi connectivity index (χ0) is 15.8. The monoisotopic (exact) mass is 300 g/mol. The largest absolute Gasteiger partial charge is 0.484 e. The zero-order valence-corrected chi connectivity index (χ0v) is 13.3. The second-order valence-electron chi connectivity index (χ2n) is 5.64. The molecule has 0 radical (unpaired) electrons. The quantitative estimate of drug-likeness (QED) is 0.761. The number of nitrogens with one attached hydrogen (secondary N) is 1. The molecular weight excluding hydrogens is 276 g/mol. The molecule has 0 saturated carbocycles. The third kappa shape index (κ3) is 5.28. The Morgan fingerprint density at radius 3 is 2.50 bits per heavy atom. The molecule has 0 saturated heterocycles. The molecule has 1 amide bonds. The van der Waals surface area contributed by atoms with E-state index >= 15 is 0 Å². The lowest BCUT2D eigenvalue weighted by molar-refractivity contribution is -0.123. The van der Waals surface area contributed by atoms with Gasteiger partial charge in [-0.2, -0.15) is 0 Å². The average Bonchev–Trinajstić information content (AvgIpc) is 3.03. The fourth-order valence-electron chi connectivity index (χ4n) is 2.16. The summed E-state index contributed by atoms with van der Waals surface area (Å²) in [5.74, 6) is 1.14. The Bertz CT molecular complexity index is 559. The maximum absolute atomic E-state index is 11.7. The van der Waals surface area contributed by atoms with Gasteiger partial charge >= 0.3 is 0 Å². The van der Waals surface area contributed by atoms with E-state index in [0.29, 0.717) is 12.5 Å². The van der Waals surface area contributed by atoms with Crippen molar-refractivity contribution in [3.05, 3.63) is 54.4 Å². The molecule has 1 aromatic carbocycles. The van der Waals surface area contributed by atoms with Crippen LogP contribution in [0.1, 0.15) is 31.7 Å². The van der Waals surface area contributed by atoms with Gasteiger partial charge in [-0.15, -0.1) is 0 Å². The Hall–Kier alpha value is -2.23. The molecule has 0 aliphatic heterocycles. The molecule has 0 bridgehead atoms. The first-order chi connectivity index (χ1) is 10.6. The summed E-state index contributed by atoms with van der Waals surface area (Å²) in [4.78, 5) is 11.7. The highest BCUT2D eigenvalue weighted by molar-refractivity contribution is 5.77. The minimum Gasteiger partial charge on any atom is -0.484 e. The predicted molar refractivity (Wildman–Crippen MR) is 88.1 cm³/mol. The summed E-state index contributed by atoms with van der Waals surface area (Å²) in [5.41, 5.74) is 1.27. The lowest BCUT2D eigenvalue weighted by atomic mass is 10.0. The fourth-order valence-corrected chi connectivity index (χ4v) is 2.16. The van der Waals surface area contributed by atoms with Gasteiger partial charge in [0, 0.05) is 25.5 Å². The average molecular weight is 300 g/mol. The highest BCUT2D eigenvalue weighted by Crippen LogP contribution is 2.18. The van der Waals surface area contributed by atoms with E-state index in [0.717, 1.165) is 18.7 Å². The minimum atomic E-state index is -0.0829. The Balaban J connectivity index is 1.62. The summed E-state index contributed by atoms with van der Waals surface area (Å²) in [6.07, 6.45) is 4.95. The summed E-state index contributed by atoms with van der Waals surface area (Å²) in [6.45, 7) is 5.93. The van der Waals surface area contributed by atoms with Crippen LogP contribution in [0.3, 0.4) is 0 Å². The highest BCUT2D eigenvalue weighted by Gasteiger charge is 2.03. The van der Waals surface area contributed by atoms with Crippen LogP contribution in [0.2, 0.25) is 0 Å². The van der Waals surface area contributed by atoms with Gasteiger partial charge in [0.15, 0.2) is 6.61 Å². The van der Waals surface area contributed by atoms with Gasteiger partial charge in [0.1, 0.15) is 5.75 Å². The van der Waals surface area contributed by atoms with Gasteiger partial charge in [0.05, 0.1) is 0 Å². The van der Waals surface area contributed by atoms with Crippen molar-refractivity contribution in [2.45, 2.75) is 32.7 Å². The smallest absolute Gasteiger partial charge is 0.257 e. The van der Waals surface area contributed by atoms with Crippen LogP contribution in [0.25, 0.3) is 0 Å². The van der Waals surface area contributed by atoms with Crippen LogP contribution in [-0.4, -0.2) is 23.6 Å². The molecule has 1 heterocycles. The Morgan fingerprint density at radius 2 is 1.86 bits per heavy atom. The van der Waals surface area contributed by atoms with Crippen molar-refractivity contribution in [1.29, 1.82) is 0 Å². The van der Waals surface area contributed by atoms with Crippen molar-refractivity contribution in [3.8, 4) is 5.75 Å². The molecular formula is C18H24N2O2. The Labute approximate surface area is 132 Å². The SMILES string of the molecule is CC(C)c1ccc(OCC(=O)NCCCn2cccc2)cc1. The number of aromatic nitrogens is 1. The first-order valence-corrected chi connectivity index (χ1v) is 7.75. The van der Waals surface area contributed by atoms with Crippen molar-refractivity contribution >= 4 is 5.91 Å². The second-order valence-corrected chi connectivity index (χ2v) is 5.64. The number of carbonyl (C=O) groups excluding carboxylic acids is 1. The summed E-state index contributed by atoms with van der Waals surface area (Å²) >= 11 is 0. The Morgan fingerprint density at radius 1 is 1.18 bits per heavy atom. The van der Waals surface area contributed by atoms with E-state index in [9.17, 15) is 4.79 Å². The molecule has 2 aromatic rings. The molecule has 0 aliphatic rings. The number of rotatable bonds is 8. The van der Waals surface area contributed by atoms with Gasteiger partial charge in [-0.25, -0.2) is 0 Å². The van der Waals surface area contributed by atoms with Gasteiger partial charge in [-0.05, 0) is 42.2 Å². The van der Waals surface area contributed by atoms with Crippen LogP contribution in [0, 0.1) is 0 Å². The molecule has 0 unspecified atom stereocenters. The van der Waals surface area contributed by atoms with E-state index < -0.39 is 0 Å². The third-order valence-electron chi connectivity index (χ3n) is 3.50. The van der Waals surface area contributed by atoms with E-state index in [1.165, 1.54) is 5.56 Å². The summed E-state index contributed by atoms with van der Waals surface area (Å²) in [5, 5.41) is 2.87. The lowest BCUT2D eigenvalue weighted by Crippen LogP contribution is -2.30. The predicted octanol–water partition coefficient (Wildman–Crippen LogP) is 3.20. The number of carbonyl (C=O) groups is 1. The molecule has 0 fully saturated rings. The van der Waals surface area contributed by atoms with Gasteiger partial charge in [0.25, 0.3) is 5.91 Å². The van der Waals surface area contributed by atoms with Gasteiger partial charge in [0.2, 0.25) is 0 Å². The summed E-state index contributed by atoms with van der Waals surface area (Å²) < 4.78 is 7.58. The number of benzene rings is 1. The number of hydrogen-bond acceptors (Lipinski definition) is 2. The van der Waals surface area contributed by atoms with Crippen molar-refractivity contribution < 1.29 is 9.53 Å². The van der Waals surface area contributed by atoms with Crippen molar-refractivity contribution in [3.63, 3.8) is 0 Å². The molecule has 22 heavy (non-hydrogen) atoms. The van der Waals surface area contributed by atoms with Crippen molar-refractivity contribution in [2.75, 3.05) is 13.2 Å². The molecule has 0 spiro atoms. The molecule has 4 heteroatoms. The maximum atomic E-state index is 11.7. The van der Waals surface area contributed by atoms with E-state index in [-0.39, 0.29) is 12.5 Å². The van der Waals surface area contributed by atoms with Crippen molar-refractivity contribution in [2.24, 2.45) is 0 Å². The second kappa shape index (κ2) is 8.27. The number of nitrogens with zero attached hydrogens (tertiary/aromatic N) is 1. The normalized spacial score (nSPS) is 10.7. The topological polar surface area (TPSA) is 43.3 Å². The first-order valence-electron chi connectivity index (χ1n) is 7.75. The van der Waals surface area contributed by atoms with Crippen LogP contribution >= 0.6 is 0 Å². The van der Waals surface area contributed by atoms with Crippen molar-refractivity contribution in [1.82, 2.24) is 9.88 Å². The molecule has 0 aliphatic carbocycles. The Kier molecular flexibility index (Phi) is 6.07. The van der Waals surface area contributed by atoms with Crippen LogP contribution in [0.15, 0.2) is 48.8 Å². The highest BCUT2D eigenvalue weighted by atomic mass is 16.5. The minimum absolute atomic E-state index is 0.0601. The number of aryl methyl sites for hydroxylation is 1. The van der Waals surface area contributed by atoms with E-state index in [2.05, 4.69) is 23.7 Å². The zero-order valence-electron chi connectivity index (χ0n) is 13.3.